The van der Waals surface area contributed by atoms with Crippen LogP contribution >= 0.6 is 11.3 Å². The highest BCUT2D eigenvalue weighted by molar-refractivity contribution is 7.10. The van der Waals surface area contributed by atoms with Gasteiger partial charge in [0.15, 0.2) is 14.4 Å². The molecular weight excluding hydrogens is 466 g/mol. The van der Waals surface area contributed by atoms with Gasteiger partial charge in [-0.15, -0.1) is 11.3 Å². The molecule has 0 radical (unpaired) electrons. The molecule has 1 atom stereocenters. The Balaban J connectivity index is 3.23. The van der Waals surface area contributed by atoms with Crippen molar-refractivity contribution < 1.29 is 23.5 Å². The molecule has 34 heavy (non-hydrogen) atoms. The molecule has 1 rings (SSSR count). The summed E-state index contributed by atoms with van der Waals surface area (Å²) in [6, 6.07) is 0. The summed E-state index contributed by atoms with van der Waals surface area (Å²) in [5.74, 6) is -0.394. The summed E-state index contributed by atoms with van der Waals surface area (Å²) < 4.78 is 18.1. The Bertz CT molecular complexity index is 869. The number of nitrogens with zero attached hydrogens (tertiary/aromatic N) is 1. The Hall–Kier alpha value is -1.51. The van der Waals surface area contributed by atoms with Crippen molar-refractivity contribution in [1.29, 1.82) is 0 Å². The molecule has 0 saturated heterocycles. The molecule has 6 nitrogen and oxygen atoms in total. The summed E-state index contributed by atoms with van der Waals surface area (Å²) >= 11 is 1.45. The van der Waals surface area contributed by atoms with E-state index in [2.05, 4.69) is 38.8 Å². The Morgan fingerprint density at radius 1 is 1.03 bits per heavy atom. The number of esters is 2. The van der Waals surface area contributed by atoms with Crippen molar-refractivity contribution in [1.82, 2.24) is 4.98 Å². The first-order valence-electron chi connectivity index (χ1n) is 11.9. The number of carbonyl (C=O) groups excluding carboxylic acids is 2. The molecule has 0 aliphatic heterocycles. The molecule has 1 aromatic heterocycles. The summed E-state index contributed by atoms with van der Waals surface area (Å²) in [4.78, 5) is 30.8. The second-order valence-corrected chi connectivity index (χ2v) is 18.1. The van der Waals surface area contributed by atoms with Crippen LogP contribution in [-0.4, -0.2) is 38.0 Å². The smallest absolute Gasteiger partial charge is 0.316 e. The summed E-state index contributed by atoms with van der Waals surface area (Å²) in [6.45, 7) is 24.3. The molecule has 1 unspecified atom stereocenters. The Kier molecular flexibility index (Phi) is 10.3. The van der Waals surface area contributed by atoms with Crippen LogP contribution in [0.3, 0.4) is 0 Å². The number of aromatic nitrogens is 1. The second-order valence-electron chi connectivity index (χ2n) is 12.4. The minimum Gasteiger partial charge on any atom is -0.454 e. The molecule has 1 aromatic rings. The zero-order valence-electron chi connectivity index (χ0n) is 23.3. The van der Waals surface area contributed by atoms with Gasteiger partial charge in [-0.05, 0) is 85.5 Å². The van der Waals surface area contributed by atoms with E-state index in [0.717, 1.165) is 10.6 Å². The summed E-state index contributed by atoms with van der Waals surface area (Å²) in [5, 5.41) is 0.113. The highest BCUT2D eigenvalue weighted by Crippen LogP contribution is 2.37. The quantitative estimate of drug-likeness (QED) is 0.152. The van der Waals surface area contributed by atoms with Crippen LogP contribution in [0, 0.1) is 17.8 Å². The van der Waals surface area contributed by atoms with Crippen LogP contribution in [0.1, 0.15) is 85.7 Å². The average Bonchev–Trinajstić information content (AvgIpc) is 3.05. The number of hydrogen-bond donors (Lipinski definition) is 0. The number of carbonyl (C=O) groups is 2. The van der Waals surface area contributed by atoms with Crippen LogP contribution in [0.25, 0.3) is 6.08 Å². The van der Waals surface area contributed by atoms with E-state index in [1.165, 1.54) is 11.3 Å². The SMILES string of the molecule is Cc1ncsc1/C=C(\OC(=O)C(C)(C)C)C(CCCO[Si](C)(C)C(C)(C)C)OC(=O)C(C)(C)C. The molecule has 0 saturated carbocycles. The van der Waals surface area contributed by atoms with Gasteiger partial charge >= 0.3 is 11.9 Å². The zero-order valence-corrected chi connectivity index (χ0v) is 25.1. The molecule has 8 heteroatoms. The number of thiazole rings is 1. The highest BCUT2D eigenvalue weighted by atomic mass is 32.1. The maximum Gasteiger partial charge on any atom is 0.316 e. The molecule has 0 fully saturated rings. The van der Waals surface area contributed by atoms with E-state index in [0.29, 0.717) is 25.2 Å². The van der Waals surface area contributed by atoms with Crippen LogP contribution in [0.2, 0.25) is 18.1 Å². The van der Waals surface area contributed by atoms with Gasteiger partial charge in [0.05, 0.1) is 26.9 Å². The molecule has 194 valence electrons. The van der Waals surface area contributed by atoms with Crippen molar-refractivity contribution in [2.24, 2.45) is 10.8 Å². The molecule has 0 aromatic carbocycles. The first-order valence-corrected chi connectivity index (χ1v) is 15.7. The van der Waals surface area contributed by atoms with Crippen molar-refractivity contribution in [3.63, 3.8) is 0 Å². The average molecular weight is 512 g/mol. The van der Waals surface area contributed by atoms with Gasteiger partial charge in [-0.1, -0.05) is 20.8 Å². The number of rotatable bonds is 9. The van der Waals surface area contributed by atoms with Gasteiger partial charge in [0, 0.05) is 6.61 Å². The fourth-order valence-corrected chi connectivity index (χ4v) is 4.22. The third kappa shape index (κ3) is 9.27. The van der Waals surface area contributed by atoms with Crippen LogP contribution < -0.4 is 0 Å². The fourth-order valence-electron chi connectivity index (χ4n) is 2.40. The summed E-state index contributed by atoms with van der Waals surface area (Å²) in [5.41, 5.74) is 1.19. The Morgan fingerprint density at radius 2 is 1.59 bits per heavy atom. The molecule has 0 N–H and O–H groups in total. The van der Waals surface area contributed by atoms with Gasteiger partial charge in [-0.3, -0.25) is 9.59 Å². The van der Waals surface area contributed by atoms with E-state index in [4.69, 9.17) is 13.9 Å². The maximum atomic E-state index is 12.8. The number of hydrogen-bond acceptors (Lipinski definition) is 7. The zero-order chi connectivity index (χ0) is 26.5. The number of aryl methyl sites for hydroxylation is 1. The standard InChI is InChI=1S/C26H45NO5SSi/c1-18-21(33-17-27-18)16-20(32-23(29)25(5,6)7)19(31-22(28)24(2,3)4)14-13-15-30-34(11,12)26(8,9)10/h16-17,19H,13-15H2,1-12H3/b20-16-. The van der Waals surface area contributed by atoms with Gasteiger partial charge in [-0.2, -0.15) is 0 Å². The van der Waals surface area contributed by atoms with Crippen LogP contribution in [0.15, 0.2) is 11.3 Å². The Labute approximate surface area is 211 Å². The normalized spacial score (nSPS) is 14.6. The van der Waals surface area contributed by atoms with E-state index in [-0.39, 0.29) is 17.0 Å². The fraction of sp³-hybridized carbons (Fsp3) is 0.731. The van der Waals surface area contributed by atoms with E-state index >= 15 is 0 Å². The van der Waals surface area contributed by atoms with E-state index in [1.807, 2.05) is 27.7 Å². The van der Waals surface area contributed by atoms with Crippen molar-refractivity contribution >= 4 is 37.7 Å². The largest absolute Gasteiger partial charge is 0.454 e. The maximum absolute atomic E-state index is 12.8. The monoisotopic (exact) mass is 511 g/mol. The van der Waals surface area contributed by atoms with Gasteiger partial charge in [0.25, 0.3) is 0 Å². The van der Waals surface area contributed by atoms with Crippen molar-refractivity contribution in [2.75, 3.05) is 6.61 Å². The van der Waals surface area contributed by atoms with E-state index in [1.54, 1.807) is 32.4 Å². The number of ether oxygens (including phenoxy) is 2. The van der Waals surface area contributed by atoms with Gasteiger partial charge in [-0.25, -0.2) is 4.98 Å². The Morgan fingerprint density at radius 3 is 2.03 bits per heavy atom. The topological polar surface area (TPSA) is 74.7 Å². The lowest BCUT2D eigenvalue weighted by Gasteiger charge is -2.36. The third-order valence-electron chi connectivity index (χ3n) is 5.94. The molecule has 0 spiro atoms. The van der Waals surface area contributed by atoms with Gasteiger partial charge in [0.2, 0.25) is 0 Å². The predicted molar refractivity (Wildman–Crippen MR) is 142 cm³/mol. The lowest BCUT2D eigenvalue weighted by Crippen LogP contribution is -2.41. The molecule has 1 heterocycles. The lowest BCUT2D eigenvalue weighted by atomic mass is 9.96. The van der Waals surface area contributed by atoms with Crippen LogP contribution in [0.4, 0.5) is 0 Å². The van der Waals surface area contributed by atoms with Gasteiger partial charge < -0.3 is 13.9 Å². The lowest BCUT2D eigenvalue weighted by molar-refractivity contribution is -0.163. The molecular formula is C26H45NO5SSi. The van der Waals surface area contributed by atoms with Gasteiger partial charge in [0.1, 0.15) is 5.76 Å². The van der Waals surface area contributed by atoms with E-state index < -0.39 is 25.3 Å². The minimum absolute atomic E-state index is 0.113. The van der Waals surface area contributed by atoms with Crippen LogP contribution in [0.5, 0.6) is 0 Å². The summed E-state index contributed by atoms with van der Waals surface area (Å²) in [6.07, 6.45) is 2.23. The molecule has 0 aliphatic rings. The first-order chi connectivity index (χ1) is 15.3. The second kappa shape index (κ2) is 11.5. The molecule has 0 amide bonds. The third-order valence-corrected chi connectivity index (χ3v) is 11.4. The molecule has 0 bridgehead atoms. The van der Waals surface area contributed by atoms with Crippen molar-refractivity contribution in [3.8, 4) is 0 Å². The van der Waals surface area contributed by atoms with Crippen molar-refractivity contribution in [3.05, 3.63) is 21.8 Å². The first kappa shape index (κ1) is 30.5. The minimum atomic E-state index is -1.89. The summed E-state index contributed by atoms with van der Waals surface area (Å²) in [7, 11) is -1.89. The van der Waals surface area contributed by atoms with Crippen molar-refractivity contribution in [2.45, 2.75) is 106 Å². The molecule has 0 aliphatic carbocycles. The van der Waals surface area contributed by atoms with Crippen LogP contribution in [-0.2, 0) is 23.5 Å². The highest BCUT2D eigenvalue weighted by Gasteiger charge is 2.37. The predicted octanol–water partition coefficient (Wildman–Crippen LogP) is 7.14. The van der Waals surface area contributed by atoms with E-state index in [9.17, 15) is 9.59 Å².